The SMILES string of the molecule is CCOCC(NC(=N)N)OCC.Cl. The Kier molecular flexibility index (Phi) is 11.0. The highest BCUT2D eigenvalue weighted by Crippen LogP contribution is 1.88. The van der Waals surface area contributed by atoms with Crippen LogP contribution in [0.2, 0.25) is 0 Å². The van der Waals surface area contributed by atoms with Gasteiger partial charge in [-0.1, -0.05) is 0 Å². The lowest BCUT2D eigenvalue weighted by atomic mass is 10.6. The van der Waals surface area contributed by atoms with Gasteiger partial charge in [0.1, 0.15) is 0 Å². The fraction of sp³-hybridized carbons (Fsp3) is 0.857. The van der Waals surface area contributed by atoms with Crippen LogP contribution >= 0.6 is 12.4 Å². The minimum atomic E-state index is -0.313. The maximum atomic E-state index is 6.97. The molecule has 0 aromatic rings. The van der Waals surface area contributed by atoms with E-state index in [0.29, 0.717) is 19.8 Å². The standard InChI is InChI=1S/C7H17N3O2.ClH/c1-3-11-5-6(12-4-2)10-7(8)9;/h6H,3-5H2,1-2H3,(H4,8,9,10);1H. The summed E-state index contributed by atoms with van der Waals surface area (Å²) in [6.45, 7) is 5.38. The Morgan fingerprint density at radius 2 is 2.08 bits per heavy atom. The third-order valence-corrected chi connectivity index (χ3v) is 1.16. The van der Waals surface area contributed by atoms with Crippen LogP contribution in [0, 0.1) is 5.41 Å². The molecule has 0 saturated carbocycles. The van der Waals surface area contributed by atoms with Gasteiger partial charge >= 0.3 is 0 Å². The summed E-state index contributed by atoms with van der Waals surface area (Å²) in [6, 6.07) is 0. The second-order valence-corrected chi connectivity index (χ2v) is 2.16. The van der Waals surface area contributed by atoms with Gasteiger partial charge in [0.2, 0.25) is 0 Å². The van der Waals surface area contributed by atoms with Crippen molar-refractivity contribution in [1.29, 1.82) is 5.41 Å². The molecule has 0 rings (SSSR count). The van der Waals surface area contributed by atoms with Gasteiger partial charge in [0.05, 0.1) is 6.61 Å². The fourth-order valence-electron chi connectivity index (χ4n) is 0.731. The lowest BCUT2D eigenvalue weighted by molar-refractivity contribution is -0.0163. The molecule has 0 bridgehead atoms. The number of ether oxygens (including phenoxy) is 2. The third kappa shape index (κ3) is 9.39. The zero-order valence-electron chi connectivity index (χ0n) is 8.00. The second kappa shape index (κ2) is 9.57. The van der Waals surface area contributed by atoms with E-state index in [4.69, 9.17) is 20.6 Å². The van der Waals surface area contributed by atoms with Crippen LogP contribution in [-0.2, 0) is 9.47 Å². The average molecular weight is 212 g/mol. The van der Waals surface area contributed by atoms with Crippen molar-refractivity contribution in [3.05, 3.63) is 0 Å². The number of hydrogen-bond acceptors (Lipinski definition) is 3. The zero-order chi connectivity index (χ0) is 9.40. The van der Waals surface area contributed by atoms with E-state index in [1.807, 2.05) is 13.8 Å². The van der Waals surface area contributed by atoms with Crippen molar-refractivity contribution in [3.63, 3.8) is 0 Å². The molecule has 1 unspecified atom stereocenters. The molecule has 1 atom stereocenters. The minimum absolute atomic E-state index is 0. The first-order valence-corrected chi connectivity index (χ1v) is 4.00. The molecule has 6 heteroatoms. The lowest BCUT2D eigenvalue weighted by Gasteiger charge is -2.17. The number of halogens is 1. The van der Waals surface area contributed by atoms with Gasteiger partial charge in [-0.25, -0.2) is 0 Å². The van der Waals surface area contributed by atoms with Crippen molar-refractivity contribution in [3.8, 4) is 0 Å². The molecule has 0 amide bonds. The van der Waals surface area contributed by atoms with Crippen LogP contribution in [0.3, 0.4) is 0 Å². The molecule has 13 heavy (non-hydrogen) atoms. The topological polar surface area (TPSA) is 80.4 Å². The molecular weight excluding hydrogens is 194 g/mol. The van der Waals surface area contributed by atoms with Crippen LogP contribution in [0.25, 0.3) is 0 Å². The summed E-state index contributed by atoms with van der Waals surface area (Å²) in [4.78, 5) is 0. The van der Waals surface area contributed by atoms with E-state index in [-0.39, 0.29) is 24.6 Å². The summed E-state index contributed by atoms with van der Waals surface area (Å²) in [5.74, 6) is -0.104. The van der Waals surface area contributed by atoms with Gasteiger partial charge in [-0.3, -0.25) is 5.41 Å². The summed E-state index contributed by atoms with van der Waals surface area (Å²) in [6.07, 6.45) is -0.313. The molecule has 80 valence electrons. The Hall–Kier alpha value is -0.520. The van der Waals surface area contributed by atoms with Crippen molar-refractivity contribution >= 4 is 18.4 Å². The quantitative estimate of drug-likeness (QED) is 0.335. The van der Waals surface area contributed by atoms with Gasteiger partial charge < -0.3 is 20.5 Å². The molecule has 0 saturated heterocycles. The van der Waals surface area contributed by atoms with Crippen LogP contribution in [0.4, 0.5) is 0 Å². The summed E-state index contributed by atoms with van der Waals surface area (Å²) < 4.78 is 10.3. The lowest BCUT2D eigenvalue weighted by Crippen LogP contribution is -2.43. The van der Waals surface area contributed by atoms with Gasteiger partial charge in [0, 0.05) is 13.2 Å². The van der Waals surface area contributed by atoms with E-state index >= 15 is 0 Å². The molecule has 0 spiro atoms. The molecule has 5 nitrogen and oxygen atoms in total. The summed E-state index contributed by atoms with van der Waals surface area (Å²) in [5, 5.41) is 9.60. The van der Waals surface area contributed by atoms with Crippen LogP contribution < -0.4 is 11.1 Å². The number of nitrogens with one attached hydrogen (secondary N) is 2. The smallest absolute Gasteiger partial charge is 0.187 e. The van der Waals surface area contributed by atoms with E-state index in [0.717, 1.165) is 0 Å². The Morgan fingerprint density at radius 1 is 1.46 bits per heavy atom. The summed E-state index contributed by atoms with van der Waals surface area (Å²) in [5.41, 5.74) is 5.13. The molecule has 0 aliphatic carbocycles. The highest BCUT2D eigenvalue weighted by Gasteiger charge is 2.07. The normalized spacial score (nSPS) is 11.5. The van der Waals surface area contributed by atoms with E-state index < -0.39 is 0 Å². The molecule has 0 aliphatic heterocycles. The van der Waals surface area contributed by atoms with Gasteiger partial charge in [-0.15, -0.1) is 12.4 Å². The predicted octanol–water partition coefficient (Wildman–Crippen LogP) is 0.290. The number of nitrogens with two attached hydrogens (primary N) is 1. The maximum Gasteiger partial charge on any atom is 0.187 e. The number of hydrogen-bond donors (Lipinski definition) is 3. The van der Waals surface area contributed by atoms with Crippen molar-refractivity contribution in [1.82, 2.24) is 5.32 Å². The molecule has 4 N–H and O–H groups in total. The molecule has 0 heterocycles. The van der Waals surface area contributed by atoms with Gasteiger partial charge in [0.15, 0.2) is 12.2 Å². The van der Waals surface area contributed by atoms with E-state index in [2.05, 4.69) is 5.32 Å². The molecule has 0 aliphatic rings. The molecular formula is C7H18ClN3O2. The van der Waals surface area contributed by atoms with Crippen molar-refractivity contribution < 1.29 is 9.47 Å². The van der Waals surface area contributed by atoms with Crippen molar-refractivity contribution in [2.45, 2.75) is 20.1 Å². The monoisotopic (exact) mass is 211 g/mol. The zero-order valence-corrected chi connectivity index (χ0v) is 8.82. The highest BCUT2D eigenvalue weighted by atomic mass is 35.5. The summed E-state index contributed by atoms with van der Waals surface area (Å²) in [7, 11) is 0. The van der Waals surface area contributed by atoms with Crippen LogP contribution in [-0.4, -0.2) is 32.0 Å². The third-order valence-electron chi connectivity index (χ3n) is 1.16. The molecule has 0 fully saturated rings. The highest BCUT2D eigenvalue weighted by molar-refractivity contribution is 5.85. The fourth-order valence-corrected chi connectivity index (χ4v) is 0.731. The van der Waals surface area contributed by atoms with Crippen LogP contribution in [0.1, 0.15) is 13.8 Å². The van der Waals surface area contributed by atoms with Crippen LogP contribution in [0.15, 0.2) is 0 Å². The maximum absolute atomic E-state index is 6.97. The largest absolute Gasteiger partial charge is 0.377 e. The van der Waals surface area contributed by atoms with Gasteiger partial charge in [0.25, 0.3) is 0 Å². The minimum Gasteiger partial charge on any atom is -0.377 e. The molecule has 0 aromatic heterocycles. The number of guanidine groups is 1. The van der Waals surface area contributed by atoms with Gasteiger partial charge in [-0.05, 0) is 13.8 Å². The van der Waals surface area contributed by atoms with E-state index in [9.17, 15) is 0 Å². The Bertz CT molecular complexity index is 135. The second-order valence-electron chi connectivity index (χ2n) is 2.16. The van der Waals surface area contributed by atoms with Crippen LogP contribution in [0.5, 0.6) is 0 Å². The summed E-state index contributed by atoms with van der Waals surface area (Å²) >= 11 is 0. The first-order chi connectivity index (χ1) is 5.70. The first kappa shape index (κ1) is 15.0. The number of rotatable bonds is 6. The molecule has 0 aromatic carbocycles. The average Bonchev–Trinajstić information content (AvgIpc) is 2.00. The van der Waals surface area contributed by atoms with E-state index in [1.165, 1.54) is 0 Å². The molecule has 0 radical (unpaired) electrons. The van der Waals surface area contributed by atoms with Crippen molar-refractivity contribution in [2.75, 3.05) is 19.8 Å². The predicted molar refractivity (Wildman–Crippen MR) is 54.2 cm³/mol. The Morgan fingerprint density at radius 3 is 2.46 bits per heavy atom. The van der Waals surface area contributed by atoms with Gasteiger partial charge in [-0.2, -0.15) is 0 Å². The first-order valence-electron chi connectivity index (χ1n) is 4.00. The van der Waals surface area contributed by atoms with E-state index in [1.54, 1.807) is 0 Å². The van der Waals surface area contributed by atoms with Crippen molar-refractivity contribution in [2.24, 2.45) is 5.73 Å². The Balaban J connectivity index is 0. The Labute approximate surface area is 84.9 Å².